The van der Waals surface area contributed by atoms with Crippen LogP contribution in [0.25, 0.3) is 5.57 Å². The lowest BCUT2D eigenvalue weighted by Gasteiger charge is -2.17. The molecule has 1 N–H and O–H groups in total. The van der Waals surface area contributed by atoms with Gasteiger partial charge in [0, 0.05) is 25.6 Å². The van der Waals surface area contributed by atoms with E-state index in [1.54, 1.807) is 7.05 Å². The summed E-state index contributed by atoms with van der Waals surface area (Å²) in [7, 11) is 1.69. The van der Waals surface area contributed by atoms with Gasteiger partial charge in [0.2, 0.25) is 0 Å². The number of rotatable bonds is 7. The summed E-state index contributed by atoms with van der Waals surface area (Å²) in [6, 6.07) is 13.9. The maximum absolute atomic E-state index is 12.6. The van der Waals surface area contributed by atoms with E-state index in [2.05, 4.69) is 13.0 Å². The highest BCUT2D eigenvalue weighted by molar-refractivity contribution is 6.16. The second kappa shape index (κ2) is 12.1. The van der Waals surface area contributed by atoms with E-state index in [1.807, 2.05) is 56.3 Å². The van der Waals surface area contributed by atoms with Gasteiger partial charge in [0.25, 0.3) is 5.91 Å². The fourth-order valence-electron chi connectivity index (χ4n) is 3.45. The molecule has 31 heavy (non-hydrogen) atoms. The van der Waals surface area contributed by atoms with Crippen molar-refractivity contribution in [3.05, 3.63) is 76.4 Å². The summed E-state index contributed by atoms with van der Waals surface area (Å²) in [6.07, 6.45) is 4.20. The van der Waals surface area contributed by atoms with Crippen LogP contribution in [-0.2, 0) is 22.4 Å². The van der Waals surface area contributed by atoms with Crippen molar-refractivity contribution in [2.45, 2.75) is 40.0 Å². The Bertz CT molecular complexity index is 916. The van der Waals surface area contributed by atoms with Crippen molar-refractivity contribution < 1.29 is 19.4 Å². The van der Waals surface area contributed by atoms with Gasteiger partial charge in [-0.1, -0.05) is 57.2 Å². The molecule has 1 aliphatic heterocycles. The lowest BCUT2D eigenvalue weighted by molar-refractivity contribution is -0.137. The normalized spacial score (nSPS) is 12.9. The van der Waals surface area contributed by atoms with Gasteiger partial charge >= 0.3 is 5.97 Å². The zero-order valence-corrected chi connectivity index (χ0v) is 19.0. The highest BCUT2D eigenvalue weighted by atomic mass is 16.5. The number of cyclic esters (lactones) is 1. The Morgan fingerprint density at radius 3 is 2.35 bits per heavy atom. The number of aliphatic hydroxyl groups excluding tert-OH is 1. The van der Waals surface area contributed by atoms with Gasteiger partial charge in [0.1, 0.15) is 0 Å². The highest BCUT2D eigenvalue weighted by Crippen LogP contribution is 2.22. The van der Waals surface area contributed by atoms with E-state index in [0.717, 1.165) is 35.1 Å². The molecule has 5 nitrogen and oxygen atoms in total. The van der Waals surface area contributed by atoms with Crippen molar-refractivity contribution >= 4 is 17.4 Å². The van der Waals surface area contributed by atoms with E-state index >= 15 is 0 Å². The minimum Gasteiger partial charge on any atom is -0.462 e. The molecular weight excluding hydrogens is 390 g/mol. The molecule has 2 aromatic rings. The van der Waals surface area contributed by atoms with Gasteiger partial charge in [0.05, 0.1) is 18.8 Å². The first-order chi connectivity index (χ1) is 15.0. The molecule has 0 aromatic heterocycles. The number of amides is 1. The maximum atomic E-state index is 12.6. The molecule has 0 atom stereocenters. The summed E-state index contributed by atoms with van der Waals surface area (Å²) >= 11 is 0. The van der Waals surface area contributed by atoms with Crippen LogP contribution < -0.4 is 0 Å². The summed E-state index contributed by atoms with van der Waals surface area (Å²) in [5, 5.41) is 9.09. The van der Waals surface area contributed by atoms with Crippen molar-refractivity contribution in [3.8, 4) is 0 Å². The van der Waals surface area contributed by atoms with Crippen LogP contribution in [0.4, 0.5) is 0 Å². The molecule has 1 amide bonds. The van der Waals surface area contributed by atoms with Crippen LogP contribution in [-0.4, -0.2) is 48.7 Å². The number of ether oxygens (including phenoxy) is 1. The van der Waals surface area contributed by atoms with E-state index in [1.165, 1.54) is 4.90 Å². The smallest absolute Gasteiger partial charge is 0.338 e. The van der Waals surface area contributed by atoms with Crippen LogP contribution in [0.2, 0.25) is 0 Å². The summed E-state index contributed by atoms with van der Waals surface area (Å²) in [5.41, 5.74) is 5.40. The summed E-state index contributed by atoms with van der Waals surface area (Å²) in [5.74, 6) is -0.358. The first-order valence-corrected chi connectivity index (χ1v) is 11.0. The Morgan fingerprint density at radius 2 is 1.74 bits per heavy atom. The van der Waals surface area contributed by atoms with Gasteiger partial charge < -0.3 is 14.7 Å². The van der Waals surface area contributed by atoms with Crippen molar-refractivity contribution in [3.63, 3.8) is 0 Å². The van der Waals surface area contributed by atoms with Crippen LogP contribution in [0.5, 0.6) is 0 Å². The number of carbonyl (C=O) groups excluding carboxylic acids is 2. The Balaban J connectivity index is 0.00000166. The van der Waals surface area contributed by atoms with E-state index in [-0.39, 0.29) is 18.5 Å². The molecule has 0 fully saturated rings. The number of benzene rings is 2. The van der Waals surface area contributed by atoms with Crippen LogP contribution in [0.1, 0.15) is 59.8 Å². The van der Waals surface area contributed by atoms with Crippen molar-refractivity contribution in [1.82, 2.24) is 4.90 Å². The van der Waals surface area contributed by atoms with Crippen molar-refractivity contribution in [2.24, 2.45) is 0 Å². The predicted molar refractivity (Wildman–Crippen MR) is 124 cm³/mol. The van der Waals surface area contributed by atoms with Gasteiger partial charge in [-0.15, -0.1) is 0 Å². The minimum absolute atomic E-state index is 0.0567. The van der Waals surface area contributed by atoms with Gasteiger partial charge in [-0.3, -0.25) is 4.79 Å². The Hall–Kier alpha value is -2.92. The monoisotopic (exact) mass is 423 g/mol. The Kier molecular flexibility index (Phi) is 9.47. The number of esters is 1. The number of likely N-dealkylation sites (N-methyl/N-ethyl adjacent to an activating group) is 1. The third kappa shape index (κ3) is 6.53. The lowest BCUT2D eigenvalue weighted by atomic mass is 9.96. The summed E-state index contributed by atoms with van der Waals surface area (Å²) in [4.78, 5) is 26.1. The molecule has 0 bridgehead atoms. The van der Waals surface area contributed by atoms with Gasteiger partial charge in [0.15, 0.2) is 0 Å². The van der Waals surface area contributed by atoms with Gasteiger partial charge in [-0.2, -0.15) is 0 Å². The molecule has 0 radical (unpaired) electrons. The molecule has 0 saturated heterocycles. The Morgan fingerprint density at radius 1 is 1.06 bits per heavy atom. The number of hydrogen-bond donors (Lipinski definition) is 1. The number of aryl methyl sites for hydroxylation is 1. The number of carbonyl (C=O) groups is 2. The molecule has 166 valence electrons. The first-order valence-electron chi connectivity index (χ1n) is 11.0. The molecule has 0 unspecified atom stereocenters. The maximum Gasteiger partial charge on any atom is 0.338 e. The topological polar surface area (TPSA) is 66.8 Å². The van der Waals surface area contributed by atoms with Crippen molar-refractivity contribution in [1.29, 1.82) is 0 Å². The first kappa shape index (κ1) is 24.4. The standard InChI is InChI=1S/C24H27NO4.C2H6/c1-3-17-13-19(16-21(15-17)23(27)25(2)10-11-26)14-18-6-8-20(9-7-18)22-5-4-12-29-24(22)28;1-2/h5-9,13,15-16,26H,3-4,10-12,14H2,1-2H3;1-2H3. The van der Waals surface area contributed by atoms with E-state index < -0.39 is 0 Å². The third-order valence-electron chi connectivity index (χ3n) is 5.08. The fourth-order valence-corrected chi connectivity index (χ4v) is 3.45. The van der Waals surface area contributed by atoms with E-state index in [0.29, 0.717) is 30.7 Å². The molecule has 0 spiro atoms. The van der Waals surface area contributed by atoms with Crippen LogP contribution in [0, 0.1) is 0 Å². The average molecular weight is 424 g/mol. The molecule has 0 aliphatic carbocycles. The number of hydrogen-bond acceptors (Lipinski definition) is 4. The Labute approximate surface area is 185 Å². The minimum atomic E-state index is -0.269. The second-order valence-electron chi connectivity index (χ2n) is 7.26. The summed E-state index contributed by atoms with van der Waals surface area (Å²) < 4.78 is 5.11. The lowest BCUT2D eigenvalue weighted by Crippen LogP contribution is -2.29. The molecule has 5 heteroatoms. The second-order valence-corrected chi connectivity index (χ2v) is 7.26. The number of nitrogens with zero attached hydrogens (tertiary/aromatic N) is 1. The fraction of sp³-hybridized carbons (Fsp3) is 0.385. The van der Waals surface area contributed by atoms with Crippen molar-refractivity contribution in [2.75, 3.05) is 26.8 Å². The third-order valence-corrected chi connectivity index (χ3v) is 5.08. The SMILES string of the molecule is CC.CCc1cc(Cc2ccc(C3=CCCOC3=O)cc2)cc(C(=O)N(C)CCO)c1. The van der Waals surface area contributed by atoms with Crippen LogP contribution in [0.15, 0.2) is 48.5 Å². The molecular formula is C26H33NO4. The molecule has 0 saturated carbocycles. The molecule has 2 aromatic carbocycles. The van der Waals surface area contributed by atoms with E-state index in [9.17, 15) is 9.59 Å². The molecule has 1 heterocycles. The zero-order valence-electron chi connectivity index (χ0n) is 19.0. The highest BCUT2D eigenvalue weighted by Gasteiger charge is 2.17. The quantitative estimate of drug-likeness (QED) is 0.676. The van der Waals surface area contributed by atoms with Crippen LogP contribution in [0.3, 0.4) is 0 Å². The number of aliphatic hydroxyl groups is 1. The molecule has 3 rings (SSSR count). The largest absolute Gasteiger partial charge is 0.462 e. The average Bonchev–Trinajstić information content (AvgIpc) is 2.80. The molecule has 1 aliphatic rings. The zero-order chi connectivity index (χ0) is 22.8. The summed E-state index contributed by atoms with van der Waals surface area (Å²) in [6.45, 7) is 6.77. The van der Waals surface area contributed by atoms with E-state index in [4.69, 9.17) is 9.84 Å². The van der Waals surface area contributed by atoms with Gasteiger partial charge in [-0.05, 0) is 47.2 Å². The van der Waals surface area contributed by atoms with Crippen LogP contribution >= 0.6 is 0 Å². The predicted octanol–water partition coefficient (Wildman–Crippen LogP) is 4.26. The van der Waals surface area contributed by atoms with Gasteiger partial charge in [-0.25, -0.2) is 4.79 Å².